The lowest BCUT2D eigenvalue weighted by atomic mass is 10.2. The molecule has 1 N–H and O–H groups in total. The molecule has 0 aliphatic heterocycles. The summed E-state index contributed by atoms with van der Waals surface area (Å²) in [4.78, 5) is 0. The average Bonchev–Trinajstić information content (AvgIpc) is 2.47. The molecule has 1 aliphatic carbocycles. The van der Waals surface area contributed by atoms with E-state index in [4.69, 9.17) is 11.6 Å². The minimum Gasteiger partial charge on any atom is -0.308 e. The third-order valence-corrected chi connectivity index (χ3v) is 3.61. The summed E-state index contributed by atoms with van der Waals surface area (Å²) in [7, 11) is 0. The molecule has 0 heterocycles. The highest BCUT2D eigenvalue weighted by Crippen LogP contribution is 2.28. The van der Waals surface area contributed by atoms with Crippen LogP contribution in [0.4, 0.5) is 0 Å². The molecular formula is C9H16ClNS. The normalized spacial score (nSPS) is 29.2. The number of halogens is 1. The zero-order valence-electron chi connectivity index (χ0n) is 7.48. The van der Waals surface area contributed by atoms with Gasteiger partial charge in [0.25, 0.3) is 0 Å². The van der Waals surface area contributed by atoms with Crippen LogP contribution in [0.2, 0.25) is 0 Å². The van der Waals surface area contributed by atoms with Crippen LogP contribution in [0.25, 0.3) is 0 Å². The summed E-state index contributed by atoms with van der Waals surface area (Å²) < 4.78 is 0. The van der Waals surface area contributed by atoms with Crippen molar-refractivity contribution in [2.45, 2.75) is 30.6 Å². The molecule has 1 fully saturated rings. The smallest absolute Gasteiger partial charge is 0.0310 e. The maximum absolute atomic E-state index is 5.68. The number of hydrogen-bond acceptors (Lipinski definition) is 2. The van der Waals surface area contributed by atoms with Crippen LogP contribution in [0.3, 0.4) is 0 Å². The molecular weight excluding hydrogens is 190 g/mol. The highest BCUT2D eigenvalue weighted by atomic mass is 35.5. The van der Waals surface area contributed by atoms with E-state index in [1.165, 1.54) is 19.3 Å². The lowest BCUT2D eigenvalue weighted by Gasteiger charge is -2.18. The van der Waals surface area contributed by atoms with Gasteiger partial charge in [-0.1, -0.05) is 24.6 Å². The van der Waals surface area contributed by atoms with E-state index < -0.39 is 0 Å². The molecule has 12 heavy (non-hydrogen) atoms. The minimum atomic E-state index is 0.649. The number of nitrogens with one attached hydrogen (secondary N) is 1. The van der Waals surface area contributed by atoms with E-state index in [0.29, 0.717) is 11.1 Å². The van der Waals surface area contributed by atoms with E-state index >= 15 is 0 Å². The van der Waals surface area contributed by atoms with Crippen LogP contribution >= 0.6 is 23.4 Å². The summed E-state index contributed by atoms with van der Waals surface area (Å²) in [6.07, 6.45) is 6.15. The van der Waals surface area contributed by atoms with Gasteiger partial charge in [-0.3, -0.25) is 0 Å². The molecule has 0 bridgehead atoms. The van der Waals surface area contributed by atoms with Crippen LogP contribution < -0.4 is 5.32 Å². The van der Waals surface area contributed by atoms with Crippen molar-refractivity contribution in [2.24, 2.45) is 0 Å². The molecule has 0 radical (unpaired) electrons. The molecule has 3 heteroatoms. The molecule has 2 atom stereocenters. The molecule has 0 amide bonds. The predicted octanol–water partition coefficient (Wildman–Crippen LogP) is 2.61. The summed E-state index contributed by atoms with van der Waals surface area (Å²) in [5, 5.41) is 4.92. The second kappa shape index (κ2) is 5.15. The Hall–Kier alpha value is 0.340. The van der Waals surface area contributed by atoms with Crippen LogP contribution in [-0.2, 0) is 0 Å². The average molecular weight is 206 g/mol. The Morgan fingerprint density at radius 1 is 1.67 bits per heavy atom. The van der Waals surface area contributed by atoms with Gasteiger partial charge in [0.15, 0.2) is 0 Å². The monoisotopic (exact) mass is 205 g/mol. The zero-order valence-corrected chi connectivity index (χ0v) is 9.05. The van der Waals surface area contributed by atoms with Gasteiger partial charge in [0.1, 0.15) is 0 Å². The topological polar surface area (TPSA) is 12.0 Å². The molecule has 1 aliphatic rings. The van der Waals surface area contributed by atoms with Crippen molar-refractivity contribution < 1.29 is 0 Å². The highest BCUT2D eigenvalue weighted by molar-refractivity contribution is 7.99. The van der Waals surface area contributed by atoms with Crippen molar-refractivity contribution in [1.29, 1.82) is 0 Å². The van der Waals surface area contributed by atoms with Crippen LogP contribution in [0.1, 0.15) is 19.3 Å². The van der Waals surface area contributed by atoms with Gasteiger partial charge >= 0.3 is 0 Å². The van der Waals surface area contributed by atoms with Gasteiger partial charge in [0, 0.05) is 22.9 Å². The van der Waals surface area contributed by atoms with Crippen molar-refractivity contribution in [3.63, 3.8) is 0 Å². The third kappa shape index (κ3) is 3.00. The van der Waals surface area contributed by atoms with Crippen LogP contribution in [0.5, 0.6) is 0 Å². The maximum atomic E-state index is 5.68. The summed E-state index contributed by atoms with van der Waals surface area (Å²) >= 11 is 7.64. The van der Waals surface area contributed by atoms with Gasteiger partial charge < -0.3 is 5.32 Å². The Labute approximate surface area is 83.9 Å². The molecule has 0 aromatic rings. The van der Waals surface area contributed by atoms with Crippen molar-refractivity contribution >= 4 is 23.4 Å². The SMILES string of the molecule is C=C(Cl)CNC1CCCC1SC. The van der Waals surface area contributed by atoms with Gasteiger partial charge in [0.05, 0.1) is 0 Å². The molecule has 0 saturated heterocycles. The molecule has 1 rings (SSSR count). The summed E-state index contributed by atoms with van der Waals surface area (Å²) in [6, 6.07) is 0.649. The van der Waals surface area contributed by atoms with Gasteiger partial charge in [-0.05, 0) is 19.1 Å². The zero-order chi connectivity index (χ0) is 8.97. The summed E-state index contributed by atoms with van der Waals surface area (Å²) in [5.74, 6) is 0. The first kappa shape index (κ1) is 10.4. The van der Waals surface area contributed by atoms with Crippen LogP contribution in [0.15, 0.2) is 11.6 Å². The fraction of sp³-hybridized carbons (Fsp3) is 0.778. The van der Waals surface area contributed by atoms with Gasteiger partial charge in [-0.25, -0.2) is 0 Å². The Kier molecular flexibility index (Phi) is 4.47. The van der Waals surface area contributed by atoms with E-state index in [9.17, 15) is 0 Å². The summed E-state index contributed by atoms with van der Waals surface area (Å²) in [5.41, 5.74) is 0. The first-order chi connectivity index (χ1) is 5.74. The molecule has 2 unspecified atom stereocenters. The number of thioether (sulfide) groups is 1. The Morgan fingerprint density at radius 3 is 3.00 bits per heavy atom. The molecule has 0 aromatic heterocycles. The van der Waals surface area contributed by atoms with Gasteiger partial charge in [0.2, 0.25) is 0 Å². The first-order valence-electron chi connectivity index (χ1n) is 4.33. The lowest BCUT2D eigenvalue weighted by Crippen LogP contribution is -2.34. The molecule has 0 spiro atoms. The predicted molar refractivity (Wildman–Crippen MR) is 57.9 cm³/mol. The van der Waals surface area contributed by atoms with Crippen molar-refractivity contribution in [2.75, 3.05) is 12.8 Å². The maximum Gasteiger partial charge on any atom is 0.0310 e. The summed E-state index contributed by atoms with van der Waals surface area (Å²) in [6.45, 7) is 4.42. The number of hydrogen-bond donors (Lipinski definition) is 1. The largest absolute Gasteiger partial charge is 0.308 e. The fourth-order valence-electron chi connectivity index (χ4n) is 1.68. The van der Waals surface area contributed by atoms with Crippen molar-refractivity contribution in [3.05, 3.63) is 11.6 Å². The Balaban J connectivity index is 2.26. The standard InChI is InChI=1S/C9H16ClNS/c1-7(10)6-11-8-4-3-5-9(8)12-2/h8-9,11H,1,3-6H2,2H3. The van der Waals surface area contributed by atoms with E-state index in [1.807, 2.05) is 11.8 Å². The van der Waals surface area contributed by atoms with E-state index in [-0.39, 0.29) is 0 Å². The van der Waals surface area contributed by atoms with E-state index in [2.05, 4.69) is 18.2 Å². The molecule has 70 valence electrons. The highest BCUT2D eigenvalue weighted by Gasteiger charge is 2.25. The van der Waals surface area contributed by atoms with E-state index in [0.717, 1.165) is 11.8 Å². The molecule has 1 nitrogen and oxygen atoms in total. The second-order valence-electron chi connectivity index (χ2n) is 3.21. The lowest BCUT2D eigenvalue weighted by molar-refractivity contribution is 0.564. The first-order valence-corrected chi connectivity index (χ1v) is 6.00. The Morgan fingerprint density at radius 2 is 2.42 bits per heavy atom. The molecule has 1 saturated carbocycles. The van der Waals surface area contributed by atoms with Crippen LogP contribution in [0, 0.1) is 0 Å². The van der Waals surface area contributed by atoms with Crippen molar-refractivity contribution in [1.82, 2.24) is 5.32 Å². The van der Waals surface area contributed by atoms with Crippen LogP contribution in [-0.4, -0.2) is 24.1 Å². The molecule has 0 aromatic carbocycles. The number of rotatable bonds is 4. The Bertz CT molecular complexity index is 161. The van der Waals surface area contributed by atoms with Gasteiger partial charge in [-0.15, -0.1) is 0 Å². The second-order valence-corrected chi connectivity index (χ2v) is 4.82. The third-order valence-electron chi connectivity index (χ3n) is 2.31. The fourth-order valence-corrected chi connectivity index (χ4v) is 2.72. The minimum absolute atomic E-state index is 0.649. The van der Waals surface area contributed by atoms with Gasteiger partial charge in [-0.2, -0.15) is 11.8 Å². The van der Waals surface area contributed by atoms with Crippen molar-refractivity contribution in [3.8, 4) is 0 Å². The quantitative estimate of drug-likeness (QED) is 0.758. The van der Waals surface area contributed by atoms with E-state index in [1.54, 1.807) is 0 Å².